The van der Waals surface area contributed by atoms with E-state index in [1.54, 1.807) is 0 Å². The zero-order valence-electron chi connectivity index (χ0n) is 59.1. The Labute approximate surface area is 650 Å². The molecule has 0 N–H and O–H groups in total. The van der Waals surface area contributed by atoms with Gasteiger partial charge in [0.25, 0.3) is 0 Å². The molecule has 22 aromatic rings. The Kier molecular flexibility index (Phi) is 15.3. The van der Waals surface area contributed by atoms with Crippen molar-refractivity contribution in [2.45, 2.75) is 0 Å². The summed E-state index contributed by atoms with van der Waals surface area (Å²) >= 11 is 7.39. The lowest BCUT2D eigenvalue weighted by atomic mass is 9.88. The zero-order valence-corrected chi connectivity index (χ0v) is 62.3. The van der Waals surface area contributed by atoms with Gasteiger partial charge in [0.2, 0.25) is 0 Å². The lowest BCUT2D eigenvalue weighted by Crippen LogP contribution is -1.98. The molecule has 16 aromatic carbocycles. The van der Waals surface area contributed by atoms with Crippen molar-refractivity contribution in [3.63, 3.8) is 0 Å². The highest BCUT2D eigenvalue weighted by Crippen LogP contribution is 2.48. The molecule has 0 amide bonds. The second-order valence-corrected chi connectivity index (χ2v) is 32.7. The molecule has 0 fully saturated rings. The molecule has 0 bridgehead atoms. The fourth-order valence-corrected chi connectivity index (χ4v) is 20.7. The van der Waals surface area contributed by atoms with E-state index in [9.17, 15) is 0 Å². The Bertz CT molecular complexity index is 7470. The first-order chi connectivity index (χ1) is 54.4. The van der Waals surface area contributed by atoms with Crippen LogP contribution in [-0.2, 0) is 0 Å². The van der Waals surface area contributed by atoms with Gasteiger partial charge in [-0.3, -0.25) is 0 Å². The minimum absolute atomic E-state index is 0.674. The molecule has 0 radical (unpaired) electrons. The molecule has 0 aliphatic carbocycles. The number of rotatable bonds is 12. The fraction of sp³-hybridized carbons (Fsp3) is 0. The highest BCUT2D eigenvalue weighted by atomic mass is 32.1. The van der Waals surface area contributed by atoms with Crippen molar-refractivity contribution >= 4 is 137 Å². The lowest BCUT2D eigenvalue weighted by Gasteiger charge is -2.18. The van der Waals surface area contributed by atoms with Crippen LogP contribution >= 0.6 is 45.3 Å². The van der Waals surface area contributed by atoms with Crippen LogP contribution in [0.3, 0.4) is 0 Å². The van der Waals surface area contributed by atoms with Gasteiger partial charge in [0.1, 0.15) is 0 Å². The van der Waals surface area contributed by atoms with Crippen molar-refractivity contribution in [3.05, 3.63) is 364 Å². The van der Waals surface area contributed by atoms with Gasteiger partial charge in [0, 0.05) is 114 Å². The molecule has 6 aromatic heterocycles. The quantitative estimate of drug-likeness (QED) is 0.122. The van der Waals surface area contributed by atoms with Crippen LogP contribution in [0.1, 0.15) is 0 Å². The molecule has 110 heavy (non-hydrogen) atoms. The van der Waals surface area contributed by atoms with Gasteiger partial charge in [-0.15, -0.1) is 45.3 Å². The molecule has 0 atom stereocenters. The molecule has 4 nitrogen and oxygen atoms in total. The van der Waals surface area contributed by atoms with Crippen LogP contribution < -0.4 is 0 Å². The molecule has 0 unspecified atom stereocenters. The minimum atomic E-state index is 0.674. The molecule has 0 saturated carbocycles. The molecule has 0 saturated heterocycles. The first-order valence-corrected chi connectivity index (χ1v) is 40.3. The van der Waals surface area contributed by atoms with Crippen LogP contribution in [0.25, 0.3) is 226 Å². The van der Waals surface area contributed by atoms with E-state index in [2.05, 4.69) is 358 Å². The Morgan fingerprint density at radius 3 is 1.16 bits per heavy atom. The van der Waals surface area contributed by atoms with E-state index in [-0.39, 0.29) is 0 Å². The third kappa shape index (κ3) is 11.3. The molecular formula is C102H60N4S4. The topological polar surface area (TPSA) is 51.6 Å². The van der Waals surface area contributed by atoms with Gasteiger partial charge >= 0.3 is 0 Å². The molecule has 22 rings (SSSR count). The first kappa shape index (κ1) is 64.0. The van der Waals surface area contributed by atoms with E-state index in [1.807, 2.05) is 51.4 Å². The Morgan fingerprint density at radius 2 is 0.536 bits per heavy atom. The summed E-state index contributed by atoms with van der Waals surface area (Å²) < 4.78 is 10.2. The van der Waals surface area contributed by atoms with Gasteiger partial charge < -0.3 is 0 Å². The molecule has 0 aliphatic rings. The summed E-state index contributed by atoms with van der Waals surface area (Å²) in [5, 5.41) is 12.4. The summed E-state index contributed by atoms with van der Waals surface area (Å²) in [5.41, 5.74) is 23.2. The molecule has 0 spiro atoms. The average Bonchev–Trinajstić information content (AvgIpc) is 1.50. The van der Waals surface area contributed by atoms with Crippen LogP contribution in [0.4, 0.5) is 0 Å². The van der Waals surface area contributed by atoms with Crippen molar-refractivity contribution in [1.82, 2.24) is 19.9 Å². The van der Waals surface area contributed by atoms with Crippen molar-refractivity contribution in [1.29, 1.82) is 0 Å². The largest absolute Gasteiger partial charge is 0.228 e. The number of hydrogen-bond donors (Lipinski definition) is 0. The van der Waals surface area contributed by atoms with Gasteiger partial charge in [-0.25, -0.2) is 19.9 Å². The Morgan fingerprint density at radius 1 is 0.155 bits per heavy atom. The molecule has 6 heterocycles. The zero-order chi connectivity index (χ0) is 72.3. The van der Waals surface area contributed by atoms with Crippen LogP contribution in [0.15, 0.2) is 364 Å². The summed E-state index contributed by atoms with van der Waals surface area (Å²) in [7, 11) is 0. The summed E-state index contributed by atoms with van der Waals surface area (Å²) in [6.07, 6.45) is 0. The number of hydrogen-bond acceptors (Lipinski definition) is 8. The van der Waals surface area contributed by atoms with Crippen LogP contribution in [-0.4, -0.2) is 19.9 Å². The van der Waals surface area contributed by atoms with Gasteiger partial charge in [-0.1, -0.05) is 261 Å². The number of benzene rings is 16. The normalized spacial score (nSPS) is 11.8. The van der Waals surface area contributed by atoms with Gasteiger partial charge in [0.05, 0.1) is 22.8 Å². The Hall–Kier alpha value is -13.2. The number of thiophene rings is 4. The predicted molar refractivity (Wildman–Crippen MR) is 472 cm³/mol. The van der Waals surface area contributed by atoms with Crippen molar-refractivity contribution in [2.75, 3.05) is 0 Å². The minimum Gasteiger partial charge on any atom is -0.228 e. The van der Waals surface area contributed by atoms with Crippen LogP contribution in [0, 0.1) is 0 Å². The molecule has 512 valence electrons. The SMILES string of the molecule is c1ccc(-c2nc(-c3ccc4ccccc4c3)cc(-c3cc(-c4ccc5sc6ccccc6c5c4)ccc3-c3ccc4sc5cc(-c6cccc(-c7ccc(-c8cc(-c9cccc(-c%10ccc%11sc%12ccccc%12c%11c%10)c9-c9ccc%10sc%11ccccc%11c%10c9)nc(-c9ccccc9)n8)cc7)c6)ccc5c4c3)n2)cc1. The average molecular weight is 1470 g/mol. The van der Waals surface area contributed by atoms with E-state index in [1.165, 1.54) is 97.0 Å². The lowest BCUT2D eigenvalue weighted by molar-refractivity contribution is 1.18. The third-order valence-corrected chi connectivity index (χ3v) is 26.3. The first-order valence-electron chi connectivity index (χ1n) is 37.0. The van der Waals surface area contributed by atoms with E-state index in [0.717, 1.165) is 117 Å². The highest BCUT2D eigenvalue weighted by Gasteiger charge is 2.23. The maximum absolute atomic E-state index is 5.51. The summed E-state index contributed by atoms with van der Waals surface area (Å²) in [6, 6.07) is 133. The van der Waals surface area contributed by atoms with Gasteiger partial charge in [0.15, 0.2) is 11.6 Å². The van der Waals surface area contributed by atoms with E-state index < -0.39 is 0 Å². The maximum atomic E-state index is 5.51. The maximum Gasteiger partial charge on any atom is 0.160 e. The van der Waals surface area contributed by atoms with Crippen molar-refractivity contribution < 1.29 is 0 Å². The van der Waals surface area contributed by atoms with E-state index in [0.29, 0.717) is 11.6 Å². The summed E-state index contributed by atoms with van der Waals surface area (Å²) in [4.78, 5) is 21.7. The number of nitrogens with zero attached hydrogens (tertiary/aromatic N) is 4. The van der Waals surface area contributed by atoms with E-state index in [4.69, 9.17) is 19.9 Å². The van der Waals surface area contributed by atoms with Crippen molar-refractivity contribution in [3.8, 4) is 135 Å². The van der Waals surface area contributed by atoms with Crippen LogP contribution in [0.5, 0.6) is 0 Å². The smallest absolute Gasteiger partial charge is 0.160 e. The number of fused-ring (bicyclic) bond motifs is 13. The van der Waals surface area contributed by atoms with Crippen molar-refractivity contribution in [2.24, 2.45) is 0 Å². The molecular weight excluding hydrogens is 1410 g/mol. The molecule has 0 aliphatic heterocycles. The standard InChI is InChI=1S/C102H60N4S4/c1-3-18-64(19-4-1)101-103-88(59-90(105-101)82-29-16-28-77(73-43-49-96-85(56-73)79-26-10-13-31-93(79)108-96)100(82)75-44-50-97-87(57-75)80-27-11-14-32-94(80)109-97)63-36-33-62(34-37-63)67-23-15-24-68(51-67)71-40-46-81-86-55-72(42-48-98(86)110-99(81)58-71)76-45-39-69(70-41-47-95-84(54-70)78-25-9-12-30-92(78)107-95)53-83(76)91-60-89(104-102(106-91)65-20-5-2-6-21-65)74-38-35-61-17-7-8-22-66(61)52-74/h1-60H. The second kappa shape index (κ2) is 26.3. The Balaban J connectivity index is 0.617. The summed E-state index contributed by atoms with van der Waals surface area (Å²) in [6.45, 7) is 0. The van der Waals surface area contributed by atoms with Crippen LogP contribution in [0.2, 0.25) is 0 Å². The predicted octanol–water partition coefficient (Wildman–Crippen LogP) is 29.9. The third-order valence-electron chi connectivity index (χ3n) is 21.8. The monoisotopic (exact) mass is 1470 g/mol. The van der Waals surface area contributed by atoms with E-state index >= 15 is 0 Å². The second-order valence-electron chi connectivity index (χ2n) is 28.3. The summed E-state index contributed by atoms with van der Waals surface area (Å²) in [5.74, 6) is 1.36. The number of aromatic nitrogens is 4. The van der Waals surface area contributed by atoms with Gasteiger partial charge in [-0.05, 0) is 181 Å². The van der Waals surface area contributed by atoms with Gasteiger partial charge in [-0.2, -0.15) is 0 Å². The molecule has 8 heteroatoms. The highest BCUT2D eigenvalue weighted by molar-refractivity contribution is 7.27. The fourth-order valence-electron chi connectivity index (χ4n) is 16.3.